The number of rotatable bonds is 6. The van der Waals surface area contributed by atoms with Gasteiger partial charge in [0.15, 0.2) is 0 Å². The summed E-state index contributed by atoms with van der Waals surface area (Å²) in [6.07, 6.45) is 1.23. The molecule has 1 atom stereocenters. The number of hydrogen-bond acceptors (Lipinski definition) is 4. The molecule has 33 heavy (non-hydrogen) atoms. The second-order valence-corrected chi connectivity index (χ2v) is 10.1. The van der Waals surface area contributed by atoms with Crippen LogP contribution in [0.3, 0.4) is 0 Å². The molecule has 5 nitrogen and oxygen atoms in total. The summed E-state index contributed by atoms with van der Waals surface area (Å²) in [6.45, 7) is 5.58. The minimum Gasteiger partial charge on any atom is -0.338 e. The summed E-state index contributed by atoms with van der Waals surface area (Å²) < 4.78 is 25.4. The van der Waals surface area contributed by atoms with Gasteiger partial charge in [-0.2, -0.15) is 8.78 Å². The Morgan fingerprint density at radius 1 is 1.12 bits per heavy atom. The topological polar surface area (TPSA) is 52.7 Å². The van der Waals surface area contributed by atoms with Crippen molar-refractivity contribution in [1.29, 1.82) is 0 Å². The van der Waals surface area contributed by atoms with Crippen molar-refractivity contribution in [2.75, 3.05) is 13.1 Å². The Bertz CT molecular complexity index is 994. The first-order valence-corrected chi connectivity index (χ1v) is 12.1. The second-order valence-electron chi connectivity index (χ2n) is 9.01. The van der Waals surface area contributed by atoms with E-state index in [1.165, 1.54) is 6.07 Å². The van der Waals surface area contributed by atoms with Crippen LogP contribution in [0.5, 0.6) is 0 Å². The van der Waals surface area contributed by atoms with Crippen molar-refractivity contribution < 1.29 is 18.4 Å². The predicted octanol–water partition coefficient (Wildman–Crippen LogP) is 4.59. The minimum atomic E-state index is -2.53. The van der Waals surface area contributed by atoms with Crippen molar-refractivity contribution in [3.63, 3.8) is 0 Å². The van der Waals surface area contributed by atoms with E-state index in [0.29, 0.717) is 54.7 Å². The zero-order valence-electron chi connectivity index (χ0n) is 18.8. The Labute approximate surface area is 197 Å². The van der Waals surface area contributed by atoms with Crippen molar-refractivity contribution in [2.24, 2.45) is 5.92 Å². The van der Waals surface area contributed by atoms with Gasteiger partial charge in [0, 0.05) is 42.9 Å². The summed E-state index contributed by atoms with van der Waals surface area (Å²) in [6, 6.07) is 16.1. The molecule has 2 amide bonds. The molecule has 0 saturated carbocycles. The van der Waals surface area contributed by atoms with Crippen LogP contribution in [0.1, 0.15) is 42.6 Å². The fraction of sp³-hybridized carbons (Fsp3) is 0.440. The molecule has 2 aliphatic heterocycles. The number of nitrogens with zero attached hydrogens (tertiary/aromatic N) is 2. The van der Waals surface area contributed by atoms with Gasteiger partial charge in [-0.3, -0.25) is 14.9 Å². The molecule has 2 aromatic rings. The Balaban J connectivity index is 1.50. The average Bonchev–Trinajstić information content (AvgIpc) is 3.06. The molecular weight excluding hydrogens is 444 g/mol. The third-order valence-electron chi connectivity index (χ3n) is 6.51. The molecule has 0 bridgehead atoms. The number of alkyl halides is 2. The first kappa shape index (κ1) is 23.7. The van der Waals surface area contributed by atoms with E-state index >= 15 is 0 Å². The Morgan fingerprint density at radius 3 is 2.45 bits per heavy atom. The zero-order chi connectivity index (χ0) is 23.6. The number of hydrogen-bond donors (Lipinski definition) is 1. The van der Waals surface area contributed by atoms with Crippen LogP contribution in [-0.2, 0) is 11.3 Å². The van der Waals surface area contributed by atoms with E-state index in [1.807, 2.05) is 49.1 Å². The standard InChI is InChI=1S/C25H29F2N3O2S/c1-17(2)21-23(32)30(16-18-7-4-3-5-8-18)25(28-21)11-13-29(14-12-25)22(31)19-9-6-10-20(15-19)33-24(26)27/h3-10,15,17,21,24,28H,11-14,16H2,1-2H3. The smallest absolute Gasteiger partial charge is 0.288 e. The van der Waals surface area contributed by atoms with Gasteiger partial charge in [-0.05, 0) is 29.7 Å². The highest BCUT2D eigenvalue weighted by Crippen LogP contribution is 2.36. The van der Waals surface area contributed by atoms with Crippen LogP contribution in [0, 0.1) is 5.92 Å². The van der Waals surface area contributed by atoms with Gasteiger partial charge < -0.3 is 9.80 Å². The Hall–Kier alpha value is -2.45. The van der Waals surface area contributed by atoms with Crippen molar-refractivity contribution in [1.82, 2.24) is 15.1 Å². The maximum atomic E-state index is 13.3. The molecule has 8 heteroatoms. The van der Waals surface area contributed by atoms with Crippen LogP contribution in [-0.4, -0.2) is 52.2 Å². The summed E-state index contributed by atoms with van der Waals surface area (Å²) in [5.74, 6) is -2.43. The minimum absolute atomic E-state index is 0.102. The highest BCUT2D eigenvalue weighted by Gasteiger charge is 2.52. The van der Waals surface area contributed by atoms with E-state index in [0.717, 1.165) is 5.56 Å². The Kier molecular flexibility index (Phi) is 7.05. The molecule has 0 radical (unpaired) electrons. The first-order chi connectivity index (χ1) is 15.8. The highest BCUT2D eigenvalue weighted by molar-refractivity contribution is 7.99. The van der Waals surface area contributed by atoms with E-state index in [4.69, 9.17) is 0 Å². The third kappa shape index (κ3) is 5.06. The van der Waals surface area contributed by atoms with Crippen LogP contribution >= 0.6 is 11.8 Å². The second kappa shape index (κ2) is 9.81. The summed E-state index contributed by atoms with van der Waals surface area (Å²) in [5, 5.41) is 3.61. The lowest BCUT2D eigenvalue weighted by molar-refractivity contribution is -0.134. The lowest BCUT2D eigenvalue weighted by Gasteiger charge is -2.45. The largest absolute Gasteiger partial charge is 0.338 e. The Morgan fingerprint density at radius 2 is 1.82 bits per heavy atom. The number of amides is 2. The lowest BCUT2D eigenvalue weighted by atomic mass is 9.94. The molecule has 2 heterocycles. The monoisotopic (exact) mass is 473 g/mol. The number of carbonyl (C=O) groups excluding carboxylic acids is 2. The SMILES string of the molecule is CC(C)C1NC2(CCN(C(=O)c3cccc(SC(F)F)c3)CC2)N(Cc2ccccc2)C1=O. The summed E-state index contributed by atoms with van der Waals surface area (Å²) in [5.41, 5.74) is 0.989. The number of carbonyl (C=O) groups is 2. The molecule has 2 aliphatic rings. The van der Waals surface area contributed by atoms with Crippen LogP contribution in [0.2, 0.25) is 0 Å². The molecule has 4 rings (SSSR count). The van der Waals surface area contributed by atoms with Crippen molar-refractivity contribution >= 4 is 23.6 Å². The van der Waals surface area contributed by atoms with Crippen LogP contribution in [0.25, 0.3) is 0 Å². The van der Waals surface area contributed by atoms with Crippen LogP contribution in [0.15, 0.2) is 59.5 Å². The molecule has 2 saturated heterocycles. The summed E-state index contributed by atoms with van der Waals surface area (Å²) >= 11 is 0.438. The van der Waals surface area contributed by atoms with E-state index in [-0.39, 0.29) is 23.8 Å². The van der Waals surface area contributed by atoms with Crippen LogP contribution in [0.4, 0.5) is 8.78 Å². The van der Waals surface area contributed by atoms with Crippen molar-refractivity contribution in [3.05, 3.63) is 65.7 Å². The maximum Gasteiger partial charge on any atom is 0.288 e. The normalized spacial score (nSPS) is 20.3. The average molecular weight is 474 g/mol. The fourth-order valence-corrected chi connectivity index (χ4v) is 5.29. The van der Waals surface area contributed by atoms with Gasteiger partial charge >= 0.3 is 0 Å². The molecule has 1 N–H and O–H groups in total. The predicted molar refractivity (Wildman–Crippen MR) is 125 cm³/mol. The molecule has 1 spiro atoms. The number of halogens is 2. The number of benzene rings is 2. The number of piperidine rings is 1. The molecule has 2 fully saturated rings. The quantitative estimate of drug-likeness (QED) is 0.624. The van der Waals surface area contributed by atoms with E-state index in [1.54, 1.807) is 23.1 Å². The van der Waals surface area contributed by atoms with Gasteiger partial charge in [-0.25, -0.2) is 0 Å². The van der Waals surface area contributed by atoms with Gasteiger partial charge in [0.2, 0.25) is 5.91 Å². The van der Waals surface area contributed by atoms with Gasteiger partial charge in [-0.15, -0.1) is 0 Å². The molecular formula is C25H29F2N3O2S. The first-order valence-electron chi connectivity index (χ1n) is 11.3. The molecule has 2 aromatic carbocycles. The number of thioether (sulfide) groups is 1. The van der Waals surface area contributed by atoms with Gasteiger partial charge in [-0.1, -0.05) is 62.0 Å². The summed E-state index contributed by atoms with van der Waals surface area (Å²) in [7, 11) is 0. The van der Waals surface area contributed by atoms with Gasteiger partial charge in [0.25, 0.3) is 11.7 Å². The van der Waals surface area contributed by atoms with Gasteiger partial charge in [0.05, 0.1) is 11.7 Å². The van der Waals surface area contributed by atoms with Gasteiger partial charge in [0.1, 0.15) is 0 Å². The molecule has 0 aliphatic carbocycles. The molecule has 176 valence electrons. The fourth-order valence-electron chi connectivity index (χ4n) is 4.74. The lowest BCUT2D eigenvalue weighted by Crippen LogP contribution is -2.59. The number of likely N-dealkylation sites (tertiary alicyclic amines) is 1. The molecule has 0 aromatic heterocycles. The number of nitrogens with one attached hydrogen (secondary N) is 1. The maximum absolute atomic E-state index is 13.3. The highest BCUT2D eigenvalue weighted by atomic mass is 32.2. The van der Waals surface area contributed by atoms with Crippen LogP contribution < -0.4 is 5.32 Å². The van der Waals surface area contributed by atoms with E-state index in [9.17, 15) is 18.4 Å². The van der Waals surface area contributed by atoms with E-state index in [2.05, 4.69) is 5.32 Å². The third-order valence-corrected chi connectivity index (χ3v) is 7.21. The zero-order valence-corrected chi connectivity index (χ0v) is 19.7. The van der Waals surface area contributed by atoms with E-state index < -0.39 is 11.4 Å². The molecule has 1 unspecified atom stereocenters. The van der Waals surface area contributed by atoms with Crippen molar-refractivity contribution in [3.8, 4) is 0 Å². The summed E-state index contributed by atoms with van der Waals surface area (Å²) in [4.78, 5) is 30.5. The van der Waals surface area contributed by atoms with Crippen molar-refractivity contribution in [2.45, 2.75) is 55.6 Å².